The van der Waals surface area contributed by atoms with Crippen LogP contribution in [0.15, 0.2) is 29.1 Å². The van der Waals surface area contributed by atoms with Crippen molar-refractivity contribution in [2.75, 3.05) is 6.61 Å². The van der Waals surface area contributed by atoms with Gasteiger partial charge in [0.25, 0.3) is 5.56 Å². The predicted molar refractivity (Wildman–Crippen MR) is 139 cm³/mol. The summed E-state index contributed by atoms with van der Waals surface area (Å²) in [7, 11) is 0. The fourth-order valence-corrected chi connectivity index (χ4v) is 5.23. The molecule has 0 amide bonds. The van der Waals surface area contributed by atoms with Crippen LogP contribution in [-0.2, 0) is 12.1 Å². The van der Waals surface area contributed by atoms with Gasteiger partial charge in [0, 0.05) is 29.1 Å². The van der Waals surface area contributed by atoms with Gasteiger partial charge in [-0.1, -0.05) is 33.1 Å². The molecule has 1 fully saturated rings. The Morgan fingerprint density at radius 3 is 2.66 bits per heavy atom. The summed E-state index contributed by atoms with van der Waals surface area (Å²) in [5, 5.41) is 14.0. The van der Waals surface area contributed by atoms with Gasteiger partial charge in [-0.2, -0.15) is 0 Å². The molecule has 1 aromatic carbocycles. The molecule has 8 nitrogen and oxygen atoms in total. The van der Waals surface area contributed by atoms with Gasteiger partial charge in [-0.3, -0.25) is 9.69 Å². The number of fused-ring (bicyclic) bond motifs is 1. The van der Waals surface area contributed by atoms with Gasteiger partial charge in [-0.25, -0.2) is 4.68 Å². The molecule has 35 heavy (non-hydrogen) atoms. The molecule has 3 aromatic rings. The molecule has 2 aromatic heterocycles. The van der Waals surface area contributed by atoms with Crippen LogP contribution in [-0.4, -0.2) is 42.7 Å². The molecule has 1 unspecified atom stereocenters. The van der Waals surface area contributed by atoms with Crippen LogP contribution in [0.4, 0.5) is 0 Å². The van der Waals surface area contributed by atoms with Gasteiger partial charge >= 0.3 is 0 Å². The van der Waals surface area contributed by atoms with Crippen molar-refractivity contribution < 1.29 is 4.74 Å². The molecule has 1 aliphatic rings. The normalized spacial score (nSPS) is 15.8. The number of hydrogen-bond acceptors (Lipinski definition) is 6. The van der Waals surface area contributed by atoms with Crippen LogP contribution >= 0.6 is 0 Å². The van der Waals surface area contributed by atoms with Gasteiger partial charge < -0.3 is 9.72 Å². The minimum absolute atomic E-state index is 0.0339. The van der Waals surface area contributed by atoms with Gasteiger partial charge in [-0.15, -0.1) is 5.10 Å². The van der Waals surface area contributed by atoms with Crippen molar-refractivity contribution >= 4 is 10.9 Å². The summed E-state index contributed by atoms with van der Waals surface area (Å²) in [5.41, 5.74) is 1.39. The number of nitrogens with one attached hydrogen (secondary N) is 1. The lowest BCUT2D eigenvalue weighted by Crippen LogP contribution is -2.41. The van der Waals surface area contributed by atoms with Crippen molar-refractivity contribution in [3.05, 3.63) is 46.0 Å². The third-order valence-electron chi connectivity index (χ3n) is 7.54. The number of rotatable bonds is 11. The minimum Gasteiger partial charge on any atom is -0.494 e. The Labute approximate surface area is 208 Å². The second kappa shape index (κ2) is 10.9. The van der Waals surface area contributed by atoms with Crippen molar-refractivity contribution in [1.29, 1.82) is 0 Å². The van der Waals surface area contributed by atoms with Gasteiger partial charge in [0.05, 0.1) is 18.2 Å². The zero-order valence-corrected chi connectivity index (χ0v) is 21.9. The maximum absolute atomic E-state index is 13.2. The lowest BCUT2D eigenvalue weighted by Gasteiger charge is -2.37. The zero-order chi connectivity index (χ0) is 25.0. The molecule has 2 heterocycles. The van der Waals surface area contributed by atoms with Gasteiger partial charge in [0.1, 0.15) is 5.75 Å². The van der Waals surface area contributed by atoms with E-state index in [9.17, 15) is 4.79 Å². The molecule has 0 saturated heterocycles. The Bertz CT molecular complexity index is 1180. The van der Waals surface area contributed by atoms with E-state index in [2.05, 4.69) is 53.1 Å². The number of aromatic nitrogens is 5. The number of aromatic amines is 1. The summed E-state index contributed by atoms with van der Waals surface area (Å²) in [6.07, 6.45) is 7.60. The third kappa shape index (κ3) is 5.42. The second-order valence-electron chi connectivity index (χ2n) is 10.3. The van der Waals surface area contributed by atoms with E-state index in [1.54, 1.807) is 0 Å². The van der Waals surface area contributed by atoms with Crippen LogP contribution < -0.4 is 10.3 Å². The molecular weight excluding hydrogens is 440 g/mol. The number of benzene rings is 1. The van der Waals surface area contributed by atoms with E-state index in [0.29, 0.717) is 19.2 Å². The lowest BCUT2D eigenvalue weighted by molar-refractivity contribution is 0.102. The molecule has 0 bridgehead atoms. The molecule has 4 rings (SSSR count). The average molecular weight is 481 g/mol. The highest BCUT2D eigenvalue weighted by Crippen LogP contribution is 2.36. The SMILES string of the molecule is CCCC(c1nnnn1C(C)(C)CC)N(Cc1cc2cc(OCC)ccc2[nH]c1=O)C1CCCC1. The Morgan fingerprint density at radius 1 is 1.20 bits per heavy atom. The third-order valence-corrected chi connectivity index (χ3v) is 7.54. The number of ether oxygens (including phenoxy) is 1. The highest BCUT2D eigenvalue weighted by atomic mass is 16.5. The summed E-state index contributed by atoms with van der Waals surface area (Å²) < 4.78 is 7.70. The quantitative estimate of drug-likeness (QED) is 0.398. The van der Waals surface area contributed by atoms with Gasteiger partial charge in [0.2, 0.25) is 0 Å². The van der Waals surface area contributed by atoms with E-state index >= 15 is 0 Å². The first-order valence-corrected chi connectivity index (χ1v) is 13.2. The topological polar surface area (TPSA) is 88.9 Å². The largest absolute Gasteiger partial charge is 0.494 e. The minimum atomic E-state index is -0.178. The molecule has 1 atom stereocenters. The van der Waals surface area contributed by atoms with E-state index < -0.39 is 0 Å². The number of pyridine rings is 1. The molecule has 1 N–H and O–H groups in total. The fourth-order valence-electron chi connectivity index (χ4n) is 5.23. The smallest absolute Gasteiger partial charge is 0.252 e. The number of H-pyrrole nitrogens is 1. The Hall–Kier alpha value is -2.74. The number of nitrogens with zero attached hydrogens (tertiary/aromatic N) is 5. The summed E-state index contributed by atoms with van der Waals surface area (Å²) in [6.45, 7) is 11.9. The van der Waals surface area contributed by atoms with Crippen molar-refractivity contribution in [2.45, 2.75) is 104 Å². The van der Waals surface area contributed by atoms with Crippen molar-refractivity contribution in [3.63, 3.8) is 0 Å². The summed E-state index contributed by atoms with van der Waals surface area (Å²) in [6, 6.07) is 8.31. The first-order valence-electron chi connectivity index (χ1n) is 13.2. The van der Waals surface area contributed by atoms with E-state index in [1.165, 1.54) is 12.8 Å². The van der Waals surface area contributed by atoms with Crippen molar-refractivity contribution in [2.24, 2.45) is 0 Å². The average Bonchev–Trinajstić information content (AvgIpc) is 3.55. The van der Waals surface area contributed by atoms with Crippen LogP contribution in [0.2, 0.25) is 0 Å². The molecule has 0 spiro atoms. The highest BCUT2D eigenvalue weighted by molar-refractivity contribution is 5.80. The highest BCUT2D eigenvalue weighted by Gasteiger charge is 2.35. The van der Waals surface area contributed by atoms with Crippen LogP contribution in [0.5, 0.6) is 5.75 Å². The van der Waals surface area contributed by atoms with Crippen LogP contribution in [0.1, 0.15) is 97.0 Å². The maximum atomic E-state index is 13.2. The molecular formula is C27H40N6O2. The van der Waals surface area contributed by atoms with E-state index in [-0.39, 0.29) is 17.1 Å². The van der Waals surface area contributed by atoms with Crippen LogP contribution in [0, 0.1) is 0 Å². The van der Waals surface area contributed by atoms with Crippen molar-refractivity contribution in [3.8, 4) is 5.75 Å². The zero-order valence-electron chi connectivity index (χ0n) is 21.9. The number of tetrazole rings is 1. The predicted octanol–water partition coefficient (Wildman–Crippen LogP) is 5.34. The maximum Gasteiger partial charge on any atom is 0.252 e. The molecule has 190 valence electrons. The molecule has 0 aliphatic heterocycles. The van der Waals surface area contributed by atoms with Crippen LogP contribution in [0.25, 0.3) is 10.9 Å². The second-order valence-corrected chi connectivity index (χ2v) is 10.3. The fraction of sp³-hybridized carbons (Fsp3) is 0.630. The van der Waals surface area contributed by atoms with E-state index in [1.807, 2.05) is 35.9 Å². The molecule has 1 saturated carbocycles. The monoisotopic (exact) mass is 480 g/mol. The lowest BCUT2D eigenvalue weighted by atomic mass is 9.99. The Kier molecular flexibility index (Phi) is 7.89. The van der Waals surface area contributed by atoms with Gasteiger partial charge in [0.15, 0.2) is 5.82 Å². The first kappa shape index (κ1) is 25.4. The summed E-state index contributed by atoms with van der Waals surface area (Å²) in [4.78, 5) is 18.8. The standard InChI is InChI=1S/C27H40N6O2/c1-6-11-24(25-29-30-31-33(25)27(4,5)7-2)32(21-12-9-10-13-21)18-20-16-19-17-22(35-8-3)14-15-23(19)28-26(20)34/h14-17,21,24H,6-13,18H2,1-5H3,(H,28,34). The molecule has 8 heteroatoms. The van der Waals surface area contributed by atoms with Crippen molar-refractivity contribution in [1.82, 2.24) is 30.1 Å². The van der Waals surface area contributed by atoms with E-state index in [0.717, 1.165) is 60.1 Å². The Balaban J connectivity index is 1.76. The van der Waals surface area contributed by atoms with E-state index in [4.69, 9.17) is 4.74 Å². The van der Waals surface area contributed by atoms with Gasteiger partial charge in [-0.05, 0) is 81.1 Å². The molecule has 1 aliphatic carbocycles. The first-order chi connectivity index (χ1) is 16.9. The summed E-state index contributed by atoms with van der Waals surface area (Å²) >= 11 is 0. The number of hydrogen-bond donors (Lipinski definition) is 1. The molecule has 0 radical (unpaired) electrons. The summed E-state index contributed by atoms with van der Waals surface area (Å²) in [5.74, 6) is 1.72. The van der Waals surface area contributed by atoms with Crippen LogP contribution in [0.3, 0.4) is 0 Å². The Morgan fingerprint density at radius 2 is 1.97 bits per heavy atom.